The van der Waals surface area contributed by atoms with Gasteiger partial charge in [-0.05, 0) is 19.1 Å². The Hall–Kier alpha value is -3.01. The first-order valence-corrected chi connectivity index (χ1v) is 5.27. The van der Waals surface area contributed by atoms with Crippen LogP contribution in [0.4, 0.5) is 5.69 Å². The molecule has 0 aliphatic rings. The Bertz CT molecular complexity index is 679. The lowest BCUT2D eigenvalue weighted by molar-refractivity contribution is -0.385. The van der Waals surface area contributed by atoms with E-state index in [4.69, 9.17) is 10.00 Å². The number of benzene rings is 1. The fourth-order valence-electron chi connectivity index (χ4n) is 1.46. The van der Waals surface area contributed by atoms with Gasteiger partial charge < -0.3 is 4.74 Å². The highest BCUT2D eigenvalue weighted by Crippen LogP contribution is 2.29. The fourth-order valence-corrected chi connectivity index (χ4v) is 1.46. The second kappa shape index (κ2) is 5.10. The van der Waals surface area contributed by atoms with E-state index in [1.54, 1.807) is 13.0 Å². The number of nitriles is 1. The summed E-state index contributed by atoms with van der Waals surface area (Å²) in [6.07, 6.45) is 1.38. The predicted molar refractivity (Wildman–Crippen MR) is 64.7 cm³/mol. The van der Waals surface area contributed by atoms with Gasteiger partial charge in [-0.2, -0.15) is 10.2 Å². The summed E-state index contributed by atoms with van der Waals surface area (Å²) < 4.78 is 5.36. The number of hydrogen-bond acceptors (Lipinski definition) is 6. The Morgan fingerprint density at radius 1 is 1.42 bits per heavy atom. The summed E-state index contributed by atoms with van der Waals surface area (Å²) in [4.78, 5) is 18.0. The molecule has 2 aromatic rings. The van der Waals surface area contributed by atoms with E-state index in [1.807, 2.05) is 6.07 Å². The Balaban J connectivity index is 2.36. The first-order valence-electron chi connectivity index (χ1n) is 5.27. The van der Waals surface area contributed by atoms with Gasteiger partial charge in [0.15, 0.2) is 0 Å². The molecule has 0 amide bonds. The van der Waals surface area contributed by atoms with Gasteiger partial charge in [0.2, 0.25) is 0 Å². The molecule has 0 atom stereocenters. The molecule has 0 radical (unpaired) electrons. The zero-order valence-electron chi connectivity index (χ0n) is 9.90. The van der Waals surface area contributed by atoms with Crippen LogP contribution in [0.25, 0.3) is 0 Å². The van der Waals surface area contributed by atoms with Crippen molar-refractivity contribution in [2.75, 3.05) is 0 Å². The van der Waals surface area contributed by atoms with Gasteiger partial charge in [-0.1, -0.05) is 6.07 Å². The molecule has 0 N–H and O–H groups in total. The monoisotopic (exact) mass is 256 g/mol. The second-order valence-electron chi connectivity index (χ2n) is 3.60. The smallest absolute Gasteiger partial charge is 0.323 e. The largest absolute Gasteiger partial charge is 0.424 e. The molecule has 19 heavy (non-hydrogen) atoms. The van der Waals surface area contributed by atoms with Crippen LogP contribution < -0.4 is 4.74 Å². The van der Waals surface area contributed by atoms with Gasteiger partial charge in [0.1, 0.15) is 17.5 Å². The highest BCUT2D eigenvalue weighted by Gasteiger charge is 2.15. The zero-order valence-corrected chi connectivity index (χ0v) is 9.90. The SMILES string of the molecule is Cc1c(Oc2nccc(C#N)n2)cccc1[N+](=O)[O-]. The van der Waals surface area contributed by atoms with E-state index in [2.05, 4.69) is 9.97 Å². The van der Waals surface area contributed by atoms with Crippen molar-refractivity contribution in [1.82, 2.24) is 9.97 Å². The van der Waals surface area contributed by atoms with Crippen molar-refractivity contribution in [3.63, 3.8) is 0 Å². The Labute approximate surface area is 108 Å². The first-order chi connectivity index (χ1) is 9.11. The van der Waals surface area contributed by atoms with Crippen LogP contribution in [0, 0.1) is 28.4 Å². The fraction of sp³-hybridized carbons (Fsp3) is 0.0833. The standard InChI is InChI=1S/C12H8N4O3/c1-8-10(16(17)18)3-2-4-11(8)19-12-14-6-5-9(7-13)15-12/h2-6H,1H3. The summed E-state index contributed by atoms with van der Waals surface area (Å²) in [5.74, 6) is 0.282. The molecule has 1 heterocycles. The van der Waals surface area contributed by atoms with E-state index in [-0.39, 0.29) is 23.1 Å². The molecule has 7 nitrogen and oxygen atoms in total. The van der Waals surface area contributed by atoms with Crippen LogP contribution in [0.2, 0.25) is 0 Å². The van der Waals surface area contributed by atoms with Gasteiger partial charge in [-0.15, -0.1) is 0 Å². The zero-order chi connectivity index (χ0) is 13.8. The molecule has 1 aromatic heterocycles. The topological polar surface area (TPSA) is 102 Å². The van der Waals surface area contributed by atoms with E-state index in [0.717, 1.165) is 0 Å². The molecule has 94 valence electrons. The van der Waals surface area contributed by atoms with E-state index in [9.17, 15) is 10.1 Å². The maximum atomic E-state index is 10.8. The molecule has 2 rings (SSSR count). The first kappa shape index (κ1) is 12.4. The average molecular weight is 256 g/mol. The van der Waals surface area contributed by atoms with Gasteiger partial charge >= 0.3 is 6.01 Å². The molecule has 0 saturated carbocycles. The molecule has 0 unspecified atom stereocenters. The van der Waals surface area contributed by atoms with Crippen molar-refractivity contribution < 1.29 is 9.66 Å². The van der Waals surface area contributed by atoms with Gasteiger partial charge in [0.05, 0.1) is 10.5 Å². The number of nitro benzene ring substituents is 1. The molecule has 0 bridgehead atoms. The van der Waals surface area contributed by atoms with Crippen molar-refractivity contribution >= 4 is 5.69 Å². The maximum Gasteiger partial charge on any atom is 0.323 e. The van der Waals surface area contributed by atoms with Gasteiger partial charge in [0.25, 0.3) is 5.69 Å². The number of nitrogens with zero attached hydrogens (tertiary/aromatic N) is 4. The van der Waals surface area contributed by atoms with Crippen molar-refractivity contribution in [3.05, 3.63) is 51.8 Å². The van der Waals surface area contributed by atoms with Crippen molar-refractivity contribution in [3.8, 4) is 17.8 Å². The maximum absolute atomic E-state index is 10.8. The third-order valence-corrected chi connectivity index (χ3v) is 2.40. The summed E-state index contributed by atoms with van der Waals surface area (Å²) >= 11 is 0. The summed E-state index contributed by atoms with van der Waals surface area (Å²) in [6.45, 7) is 1.57. The molecular weight excluding hydrogens is 248 g/mol. The summed E-state index contributed by atoms with van der Waals surface area (Å²) in [6, 6.07) is 7.74. The minimum Gasteiger partial charge on any atom is -0.424 e. The van der Waals surface area contributed by atoms with Crippen LogP contribution >= 0.6 is 0 Å². The van der Waals surface area contributed by atoms with Crippen LogP contribution in [-0.4, -0.2) is 14.9 Å². The average Bonchev–Trinajstić information content (AvgIpc) is 2.41. The summed E-state index contributed by atoms with van der Waals surface area (Å²) in [5.41, 5.74) is 0.487. The Morgan fingerprint density at radius 2 is 2.21 bits per heavy atom. The lowest BCUT2D eigenvalue weighted by Gasteiger charge is -2.06. The normalized spacial score (nSPS) is 9.68. The Kier molecular flexibility index (Phi) is 3.34. The minimum absolute atomic E-state index is 0.0253. The van der Waals surface area contributed by atoms with Gasteiger partial charge in [-0.3, -0.25) is 10.1 Å². The molecule has 0 saturated heterocycles. The van der Waals surface area contributed by atoms with Crippen molar-refractivity contribution in [2.24, 2.45) is 0 Å². The van der Waals surface area contributed by atoms with E-state index >= 15 is 0 Å². The number of aromatic nitrogens is 2. The molecule has 0 spiro atoms. The highest BCUT2D eigenvalue weighted by atomic mass is 16.6. The van der Waals surface area contributed by atoms with E-state index in [0.29, 0.717) is 5.56 Å². The highest BCUT2D eigenvalue weighted by molar-refractivity contribution is 5.49. The third kappa shape index (κ3) is 2.63. The number of rotatable bonds is 3. The van der Waals surface area contributed by atoms with Crippen molar-refractivity contribution in [1.29, 1.82) is 5.26 Å². The van der Waals surface area contributed by atoms with Crippen LogP contribution in [0.1, 0.15) is 11.3 Å². The number of nitro groups is 1. The molecule has 1 aromatic carbocycles. The van der Waals surface area contributed by atoms with Gasteiger partial charge in [0, 0.05) is 12.3 Å². The van der Waals surface area contributed by atoms with Crippen LogP contribution in [0.15, 0.2) is 30.5 Å². The lowest BCUT2D eigenvalue weighted by atomic mass is 10.2. The van der Waals surface area contributed by atoms with E-state index in [1.165, 1.54) is 24.4 Å². The summed E-state index contributed by atoms with van der Waals surface area (Å²) in [7, 11) is 0. The van der Waals surface area contributed by atoms with Crippen LogP contribution in [0.3, 0.4) is 0 Å². The van der Waals surface area contributed by atoms with Gasteiger partial charge in [-0.25, -0.2) is 4.98 Å². The lowest BCUT2D eigenvalue weighted by Crippen LogP contribution is -1.97. The molecule has 0 aliphatic carbocycles. The molecule has 7 heteroatoms. The van der Waals surface area contributed by atoms with Crippen molar-refractivity contribution in [2.45, 2.75) is 6.92 Å². The quantitative estimate of drug-likeness (QED) is 0.617. The molecule has 0 aliphatic heterocycles. The molecular formula is C12H8N4O3. The summed E-state index contributed by atoms with van der Waals surface area (Å²) in [5, 5.41) is 19.5. The minimum atomic E-state index is -0.491. The van der Waals surface area contributed by atoms with E-state index < -0.39 is 4.92 Å². The second-order valence-corrected chi connectivity index (χ2v) is 3.60. The van der Waals surface area contributed by atoms with Crippen LogP contribution in [0.5, 0.6) is 11.8 Å². The molecule has 0 fully saturated rings. The predicted octanol–water partition coefficient (Wildman–Crippen LogP) is 2.36. The number of ether oxygens (including phenoxy) is 1. The third-order valence-electron chi connectivity index (χ3n) is 2.40. The Morgan fingerprint density at radius 3 is 2.89 bits per heavy atom. The van der Waals surface area contributed by atoms with Crippen LogP contribution in [-0.2, 0) is 0 Å². The number of hydrogen-bond donors (Lipinski definition) is 0.